The SMILES string of the molecule is Oc1cc2c(F)csc2cc1CCl. The number of alkyl halides is 1. The predicted octanol–water partition coefficient (Wildman–Crippen LogP) is 3.48. The molecule has 1 nitrogen and oxygen atoms in total. The van der Waals surface area contributed by atoms with E-state index < -0.39 is 0 Å². The minimum Gasteiger partial charge on any atom is -0.508 e. The molecule has 0 saturated heterocycles. The predicted molar refractivity (Wildman–Crippen MR) is 53.0 cm³/mol. The molecule has 68 valence electrons. The zero-order valence-electron chi connectivity index (χ0n) is 6.55. The first-order valence-electron chi connectivity index (χ1n) is 3.67. The van der Waals surface area contributed by atoms with E-state index in [4.69, 9.17) is 11.6 Å². The Balaban J connectivity index is 2.76. The van der Waals surface area contributed by atoms with Gasteiger partial charge in [-0.1, -0.05) is 0 Å². The van der Waals surface area contributed by atoms with Crippen molar-refractivity contribution in [1.29, 1.82) is 0 Å². The number of benzene rings is 1. The minimum atomic E-state index is -0.295. The van der Waals surface area contributed by atoms with E-state index in [0.717, 1.165) is 4.70 Å². The van der Waals surface area contributed by atoms with E-state index in [2.05, 4.69) is 0 Å². The lowest BCUT2D eigenvalue weighted by Gasteiger charge is -1.99. The summed E-state index contributed by atoms with van der Waals surface area (Å²) in [6, 6.07) is 3.13. The van der Waals surface area contributed by atoms with Gasteiger partial charge in [-0.15, -0.1) is 22.9 Å². The molecule has 0 unspecified atom stereocenters. The molecule has 0 fully saturated rings. The van der Waals surface area contributed by atoms with Crippen LogP contribution in [0.1, 0.15) is 5.56 Å². The van der Waals surface area contributed by atoms with Gasteiger partial charge in [-0.2, -0.15) is 0 Å². The molecular weight excluding hydrogens is 211 g/mol. The van der Waals surface area contributed by atoms with Crippen LogP contribution in [0.2, 0.25) is 0 Å². The lowest BCUT2D eigenvalue weighted by atomic mass is 10.2. The van der Waals surface area contributed by atoms with Crippen LogP contribution in [0, 0.1) is 5.82 Å². The highest BCUT2D eigenvalue weighted by atomic mass is 35.5. The summed E-state index contributed by atoms with van der Waals surface area (Å²) in [5, 5.41) is 11.3. The van der Waals surface area contributed by atoms with Gasteiger partial charge >= 0.3 is 0 Å². The maximum Gasteiger partial charge on any atom is 0.141 e. The Morgan fingerprint density at radius 1 is 1.46 bits per heavy atom. The number of halogens is 2. The van der Waals surface area contributed by atoms with Crippen LogP contribution in [0.25, 0.3) is 10.1 Å². The summed E-state index contributed by atoms with van der Waals surface area (Å²) in [5.74, 6) is -0.00222. The number of hydrogen-bond acceptors (Lipinski definition) is 2. The van der Waals surface area contributed by atoms with Crippen molar-refractivity contribution in [3.8, 4) is 5.75 Å². The van der Waals surface area contributed by atoms with Crippen molar-refractivity contribution < 1.29 is 9.50 Å². The molecule has 0 spiro atoms. The normalized spacial score (nSPS) is 10.9. The smallest absolute Gasteiger partial charge is 0.141 e. The maximum atomic E-state index is 13.0. The zero-order chi connectivity index (χ0) is 9.42. The Bertz CT molecular complexity index is 452. The summed E-state index contributed by atoms with van der Waals surface area (Å²) in [4.78, 5) is 0. The molecule has 0 atom stereocenters. The van der Waals surface area contributed by atoms with Crippen molar-refractivity contribution in [3.05, 3.63) is 28.9 Å². The molecule has 1 N–H and O–H groups in total. The van der Waals surface area contributed by atoms with E-state index in [1.54, 1.807) is 6.07 Å². The van der Waals surface area contributed by atoms with Crippen molar-refractivity contribution in [2.24, 2.45) is 0 Å². The van der Waals surface area contributed by atoms with Crippen LogP contribution >= 0.6 is 22.9 Å². The second kappa shape index (κ2) is 3.16. The molecule has 0 radical (unpaired) electrons. The largest absolute Gasteiger partial charge is 0.508 e. The van der Waals surface area contributed by atoms with Crippen LogP contribution in [-0.2, 0) is 5.88 Å². The maximum absolute atomic E-state index is 13.0. The average molecular weight is 217 g/mol. The Kier molecular flexibility index (Phi) is 2.14. The van der Waals surface area contributed by atoms with Gasteiger partial charge in [0.05, 0.1) is 5.88 Å². The Hall–Kier alpha value is -0.800. The van der Waals surface area contributed by atoms with Crippen molar-refractivity contribution in [2.75, 3.05) is 0 Å². The molecule has 0 aliphatic rings. The first-order valence-corrected chi connectivity index (χ1v) is 5.08. The third-order valence-electron chi connectivity index (χ3n) is 1.87. The lowest BCUT2D eigenvalue weighted by Crippen LogP contribution is -1.79. The van der Waals surface area contributed by atoms with E-state index in [0.29, 0.717) is 10.9 Å². The van der Waals surface area contributed by atoms with Gasteiger partial charge in [0.2, 0.25) is 0 Å². The molecule has 4 heteroatoms. The summed E-state index contributed by atoms with van der Waals surface area (Å²) >= 11 is 6.90. The van der Waals surface area contributed by atoms with Crippen molar-refractivity contribution in [2.45, 2.75) is 5.88 Å². The molecule has 2 aromatic rings. The number of thiophene rings is 1. The summed E-state index contributed by atoms with van der Waals surface area (Å²) in [7, 11) is 0. The summed E-state index contributed by atoms with van der Waals surface area (Å²) in [5.41, 5.74) is 0.635. The highest BCUT2D eigenvalue weighted by Crippen LogP contribution is 2.31. The molecule has 0 amide bonds. The molecule has 0 saturated carbocycles. The van der Waals surface area contributed by atoms with Gasteiger partial charge in [0.1, 0.15) is 11.6 Å². The second-order valence-electron chi connectivity index (χ2n) is 2.69. The van der Waals surface area contributed by atoms with Crippen LogP contribution < -0.4 is 0 Å². The lowest BCUT2D eigenvalue weighted by molar-refractivity contribution is 0.471. The van der Waals surface area contributed by atoms with Crippen LogP contribution in [0.5, 0.6) is 5.75 Å². The van der Waals surface area contributed by atoms with Crippen molar-refractivity contribution >= 4 is 33.0 Å². The third-order valence-corrected chi connectivity index (χ3v) is 3.08. The molecule has 0 aliphatic carbocycles. The van der Waals surface area contributed by atoms with Crippen LogP contribution in [0.15, 0.2) is 17.5 Å². The molecule has 13 heavy (non-hydrogen) atoms. The van der Waals surface area contributed by atoms with E-state index in [1.165, 1.54) is 22.8 Å². The quantitative estimate of drug-likeness (QED) is 0.724. The summed E-state index contributed by atoms with van der Waals surface area (Å²) in [6.07, 6.45) is 0. The summed E-state index contributed by atoms with van der Waals surface area (Å²) < 4.78 is 13.8. The van der Waals surface area contributed by atoms with Crippen LogP contribution in [0.4, 0.5) is 4.39 Å². The van der Waals surface area contributed by atoms with Gasteiger partial charge in [-0.25, -0.2) is 4.39 Å². The van der Waals surface area contributed by atoms with E-state index in [-0.39, 0.29) is 17.4 Å². The molecule has 1 aromatic heterocycles. The zero-order valence-corrected chi connectivity index (χ0v) is 8.12. The topological polar surface area (TPSA) is 20.2 Å². The van der Waals surface area contributed by atoms with Gasteiger partial charge in [0.25, 0.3) is 0 Å². The number of rotatable bonds is 1. The number of fused-ring (bicyclic) bond motifs is 1. The van der Waals surface area contributed by atoms with Gasteiger partial charge in [0.15, 0.2) is 0 Å². The molecule has 2 rings (SSSR count). The summed E-state index contributed by atoms with van der Waals surface area (Å²) in [6.45, 7) is 0. The van der Waals surface area contributed by atoms with Gasteiger partial charge < -0.3 is 5.11 Å². The number of aromatic hydroxyl groups is 1. The molecule has 0 aliphatic heterocycles. The first-order chi connectivity index (χ1) is 6.22. The highest BCUT2D eigenvalue weighted by molar-refractivity contribution is 7.17. The molecular formula is C9H6ClFOS. The standard InChI is InChI=1S/C9H6ClFOS/c10-3-5-1-9-6(2-8(5)12)7(11)4-13-9/h1-2,4,12H,3H2. The first kappa shape index (κ1) is 8.78. The van der Waals surface area contributed by atoms with E-state index >= 15 is 0 Å². The fraction of sp³-hybridized carbons (Fsp3) is 0.111. The van der Waals surface area contributed by atoms with Crippen LogP contribution in [-0.4, -0.2) is 5.11 Å². The Labute approximate surface area is 83.4 Å². The molecule has 1 heterocycles. The van der Waals surface area contributed by atoms with Crippen molar-refractivity contribution in [1.82, 2.24) is 0 Å². The fourth-order valence-electron chi connectivity index (χ4n) is 1.18. The van der Waals surface area contributed by atoms with Gasteiger partial charge in [-0.3, -0.25) is 0 Å². The number of hydrogen-bond donors (Lipinski definition) is 1. The average Bonchev–Trinajstić information content (AvgIpc) is 2.47. The number of phenolic OH excluding ortho intramolecular Hbond substituents is 1. The van der Waals surface area contributed by atoms with Crippen molar-refractivity contribution in [3.63, 3.8) is 0 Å². The fourth-order valence-corrected chi connectivity index (χ4v) is 2.25. The Morgan fingerprint density at radius 2 is 2.23 bits per heavy atom. The second-order valence-corrected chi connectivity index (χ2v) is 3.87. The molecule has 1 aromatic carbocycles. The van der Waals surface area contributed by atoms with E-state index in [9.17, 15) is 9.50 Å². The van der Waals surface area contributed by atoms with Gasteiger partial charge in [-0.05, 0) is 12.1 Å². The molecule has 0 bridgehead atoms. The van der Waals surface area contributed by atoms with E-state index in [1.807, 2.05) is 0 Å². The minimum absolute atomic E-state index is 0.0554. The Morgan fingerprint density at radius 3 is 2.92 bits per heavy atom. The third kappa shape index (κ3) is 1.38. The monoisotopic (exact) mass is 216 g/mol. The number of phenols is 1. The van der Waals surface area contributed by atoms with Crippen LogP contribution in [0.3, 0.4) is 0 Å². The highest BCUT2D eigenvalue weighted by Gasteiger charge is 2.07. The van der Waals surface area contributed by atoms with Gasteiger partial charge in [0, 0.05) is 21.0 Å².